The van der Waals surface area contributed by atoms with E-state index in [-0.39, 0.29) is 4.90 Å². The van der Waals surface area contributed by atoms with E-state index in [9.17, 15) is 8.42 Å². The zero-order valence-electron chi connectivity index (χ0n) is 10.8. The number of anilines is 2. The Balaban J connectivity index is 2.38. The summed E-state index contributed by atoms with van der Waals surface area (Å²) in [6.07, 6.45) is 2.29. The molecule has 19 heavy (non-hydrogen) atoms. The molecule has 0 aliphatic rings. The third-order valence-corrected chi connectivity index (χ3v) is 4.33. The van der Waals surface area contributed by atoms with E-state index in [4.69, 9.17) is 5.73 Å². The molecule has 1 heterocycles. The first-order valence-corrected chi connectivity index (χ1v) is 7.33. The van der Waals surface area contributed by atoms with Gasteiger partial charge in [0.15, 0.2) is 0 Å². The minimum atomic E-state index is -3.64. The van der Waals surface area contributed by atoms with Crippen LogP contribution in [0.2, 0.25) is 0 Å². The van der Waals surface area contributed by atoms with Crippen LogP contribution in [-0.4, -0.2) is 18.6 Å². The molecule has 0 amide bonds. The van der Waals surface area contributed by atoms with Gasteiger partial charge >= 0.3 is 0 Å². The summed E-state index contributed by atoms with van der Waals surface area (Å²) in [5, 5.41) is 6.48. The predicted molar refractivity (Wildman–Crippen MR) is 74.4 cm³/mol. The predicted octanol–water partition coefficient (Wildman–Crippen LogP) is 1.66. The van der Waals surface area contributed by atoms with Crippen molar-refractivity contribution >= 4 is 21.5 Å². The quantitative estimate of drug-likeness (QED) is 0.741. The second-order valence-corrected chi connectivity index (χ2v) is 5.91. The van der Waals surface area contributed by atoms with Gasteiger partial charge in [-0.25, -0.2) is 8.42 Å². The first-order valence-electron chi connectivity index (χ1n) is 5.85. The van der Waals surface area contributed by atoms with Gasteiger partial charge in [0.05, 0.1) is 11.1 Å². The van der Waals surface area contributed by atoms with Crippen LogP contribution in [0.3, 0.4) is 0 Å². The van der Waals surface area contributed by atoms with Crippen molar-refractivity contribution < 1.29 is 8.42 Å². The summed E-state index contributed by atoms with van der Waals surface area (Å²) in [4.78, 5) is 0.207. The summed E-state index contributed by atoms with van der Waals surface area (Å²) in [5.74, 6) is 0.402. The van der Waals surface area contributed by atoms with Gasteiger partial charge in [-0.05, 0) is 37.1 Å². The Hall–Kier alpha value is -2.02. The van der Waals surface area contributed by atoms with Crippen molar-refractivity contribution in [2.45, 2.75) is 25.2 Å². The van der Waals surface area contributed by atoms with Crippen molar-refractivity contribution in [3.05, 3.63) is 35.5 Å². The summed E-state index contributed by atoms with van der Waals surface area (Å²) in [6.45, 7) is 3.63. The number of nitrogens with one attached hydrogen (secondary N) is 2. The van der Waals surface area contributed by atoms with Crippen molar-refractivity contribution in [1.29, 1.82) is 0 Å². The summed E-state index contributed by atoms with van der Waals surface area (Å²) >= 11 is 0. The average Bonchev–Trinajstić information content (AvgIpc) is 2.74. The molecule has 7 heteroatoms. The molecule has 0 fully saturated rings. The Morgan fingerprint density at radius 2 is 2.16 bits per heavy atom. The smallest absolute Gasteiger partial charge is 0.263 e. The first-order chi connectivity index (χ1) is 8.94. The fourth-order valence-electron chi connectivity index (χ4n) is 1.83. The van der Waals surface area contributed by atoms with Crippen LogP contribution in [0, 0.1) is 6.92 Å². The van der Waals surface area contributed by atoms with Crippen molar-refractivity contribution in [2.75, 3.05) is 10.5 Å². The second kappa shape index (κ2) is 4.93. The molecule has 1 aromatic carbocycles. The summed E-state index contributed by atoms with van der Waals surface area (Å²) in [5.41, 5.74) is 7.57. The highest BCUT2D eigenvalue weighted by molar-refractivity contribution is 7.92. The van der Waals surface area contributed by atoms with Crippen LogP contribution in [0.5, 0.6) is 0 Å². The highest BCUT2D eigenvalue weighted by Gasteiger charge is 2.19. The molecule has 0 aliphatic carbocycles. The molecule has 102 valence electrons. The largest absolute Gasteiger partial charge is 0.399 e. The van der Waals surface area contributed by atoms with Crippen LogP contribution in [0.4, 0.5) is 11.5 Å². The van der Waals surface area contributed by atoms with Crippen molar-refractivity contribution in [3.8, 4) is 0 Å². The number of rotatable bonds is 4. The second-order valence-electron chi connectivity index (χ2n) is 4.25. The Bertz CT molecular complexity index is 692. The number of hydrogen-bond acceptors (Lipinski definition) is 4. The van der Waals surface area contributed by atoms with E-state index >= 15 is 0 Å². The lowest BCUT2D eigenvalue weighted by Crippen LogP contribution is -2.15. The van der Waals surface area contributed by atoms with Crippen molar-refractivity contribution in [2.24, 2.45) is 0 Å². The van der Waals surface area contributed by atoms with E-state index in [1.54, 1.807) is 25.3 Å². The molecule has 2 aromatic rings. The normalized spacial score (nSPS) is 11.5. The Labute approximate surface area is 112 Å². The van der Waals surface area contributed by atoms with Gasteiger partial charge in [-0.15, -0.1) is 0 Å². The number of aromatic nitrogens is 2. The molecular formula is C12H16N4O2S. The Kier molecular flexibility index (Phi) is 3.48. The van der Waals surface area contributed by atoms with Gasteiger partial charge in [-0.1, -0.05) is 6.92 Å². The van der Waals surface area contributed by atoms with Crippen LogP contribution in [0.1, 0.15) is 18.1 Å². The third-order valence-electron chi connectivity index (χ3n) is 2.82. The number of aromatic amines is 1. The van der Waals surface area contributed by atoms with Gasteiger partial charge in [0.1, 0.15) is 5.82 Å². The number of nitrogens with two attached hydrogens (primary N) is 1. The zero-order valence-corrected chi connectivity index (χ0v) is 11.6. The molecule has 0 bridgehead atoms. The number of hydrogen-bond donors (Lipinski definition) is 3. The SMILES string of the molecule is CCc1cn[nH]c1NS(=O)(=O)c1ccc(N)cc1C. The van der Waals surface area contributed by atoms with E-state index < -0.39 is 10.0 Å². The van der Waals surface area contributed by atoms with Gasteiger partial charge < -0.3 is 5.73 Å². The molecule has 0 unspecified atom stereocenters. The van der Waals surface area contributed by atoms with E-state index in [1.807, 2.05) is 6.92 Å². The molecule has 2 rings (SSSR count). The van der Waals surface area contributed by atoms with E-state index in [0.29, 0.717) is 23.5 Å². The molecule has 0 saturated heterocycles. The monoisotopic (exact) mass is 280 g/mol. The van der Waals surface area contributed by atoms with Crippen molar-refractivity contribution in [3.63, 3.8) is 0 Å². The maximum Gasteiger partial charge on any atom is 0.263 e. The zero-order chi connectivity index (χ0) is 14.0. The van der Waals surface area contributed by atoms with Crippen LogP contribution in [0.15, 0.2) is 29.3 Å². The summed E-state index contributed by atoms with van der Waals surface area (Å²) in [7, 11) is -3.64. The van der Waals surface area contributed by atoms with Gasteiger partial charge in [0, 0.05) is 11.3 Å². The van der Waals surface area contributed by atoms with Crippen LogP contribution >= 0.6 is 0 Å². The Morgan fingerprint density at radius 1 is 1.42 bits per heavy atom. The van der Waals surface area contributed by atoms with Gasteiger partial charge in [-0.3, -0.25) is 9.82 Å². The number of sulfonamides is 1. The van der Waals surface area contributed by atoms with Gasteiger partial charge in [-0.2, -0.15) is 5.10 Å². The van der Waals surface area contributed by atoms with Gasteiger partial charge in [0.25, 0.3) is 10.0 Å². The first kappa shape index (κ1) is 13.4. The average molecular weight is 280 g/mol. The third kappa shape index (κ3) is 2.70. The standard InChI is InChI=1S/C12H16N4O2S/c1-3-9-7-14-15-12(9)16-19(17,18)11-5-4-10(13)6-8(11)2/h4-7H,3,13H2,1-2H3,(H2,14,15,16). The summed E-state index contributed by atoms with van der Waals surface area (Å²) in [6, 6.07) is 4.69. The van der Waals surface area contributed by atoms with Crippen LogP contribution < -0.4 is 10.5 Å². The maximum absolute atomic E-state index is 12.3. The molecule has 0 aliphatic heterocycles. The number of H-pyrrole nitrogens is 1. The van der Waals surface area contributed by atoms with Gasteiger partial charge in [0.2, 0.25) is 0 Å². The molecule has 0 radical (unpaired) electrons. The van der Waals surface area contributed by atoms with E-state index in [1.165, 1.54) is 6.07 Å². The number of nitrogen functional groups attached to an aromatic ring is 1. The van der Waals surface area contributed by atoms with Crippen LogP contribution in [-0.2, 0) is 16.4 Å². The molecule has 6 nitrogen and oxygen atoms in total. The fraction of sp³-hybridized carbons (Fsp3) is 0.250. The molecular weight excluding hydrogens is 264 g/mol. The molecule has 1 aromatic heterocycles. The lowest BCUT2D eigenvalue weighted by atomic mass is 10.2. The molecule has 0 atom stereocenters. The van der Waals surface area contributed by atoms with Crippen LogP contribution in [0.25, 0.3) is 0 Å². The minimum Gasteiger partial charge on any atom is -0.399 e. The van der Waals surface area contributed by atoms with E-state index in [2.05, 4.69) is 14.9 Å². The maximum atomic E-state index is 12.3. The number of benzene rings is 1. The minimum absolute atomic E-state index is 0.207. The lowest BCUT2D eigenvalue weighted by Gasteiger charge is -2.10. The summed E-state index contributed by atoms with van der Waals surface area (Å²) < 4.78 is 27.1. The van der Waals surface area contributed by atoms with Crippen molar-refractivity contribution in [1.82, 2.24) is 10.2 Å². The topological polar surface area (TPSA) is 101 Å². The molecule has 4 N–H and O–H groups in total. The number of nitrogens with zero attached hydrogens (tertiary/aromatic N) is 1. The highest BCUT2D eigenvalue weighted by Crippen LogP contribution is 2.22. The number of aryl methyl sites for hydroxylation is 2. The Morgan fingerprint density at radius 3 is 2.79 bits per heavy atom. The highest BCUT2D eigenvalue weighted by atomic mass is 32.2. The molecule has 0 spiro atoms. The fourth-order valence-corrected chi connectivity index (χ4v) is 3.12. The molecule has 0 saturated carbocycles. The van der Waals surface area contributed by atoms with E-state index in [0.717, 1.165) is 5.56 Å². The lowest BCUT2D eigenvalue weighted by molar-refractivity contribution is 0.600.